The zero-order chi connectivity index (χ0) is 13.9. The van der Waals surface area contributed by atoms with Crippen molar-refractivity contribution in [3.63, 3.8) is 0 Å². The van der Waals surface area contributed by atoms with Gasteiger partial charge in [-0.1, -0.05) is 6.07 Å². The van der Waals surface area contributed by atoms with Crippen LogP contribution < -0.4 is 11.1 Å². The molecular weight excluding hydrogens is 272 g/mol. The summed E-state index contributed by atoms with van der Waals surface area (Å²) in [6.07, 6.45) is 3.86. The SMILES string of the molecule is NC1CCC(NC(=O)c2cc(-c3cccs3)[nH]n2)CC1. The van der Waals surface area contributed by atoms with Crippen molar-refractivity contribution >= 4 is 17.2 Å². The van der Waals surface area contributed by atoms with Crippen LogP contribution in [0.3, 0.4) is 0 Å². The van der Waals surface area contributed by atoms with Crippen LogP contribution in [-0.2, 0) is 0 Å². The molecule has 1 saturated carbocycles. The van der Waals surface area contributed by atoms with Gasteiger partial charge in [-0.3, -0.25) is 9.89 Å². The molecule has 0 bridgehead atoms. The van der Waals surface area contributed by atoms with Crippen molar-refractivity contribution in [3.05, 3.63) is 29.3 Å². The van der Waals surface area contributed by atoms with Gasteiger partial charge in [-0.15, -0.1) is 11.3 Å². The number of nitrogens with zero attached hydrogens (tertiary/aromatic N) is 1. The molecule has 0 saturated heterocycles. The minimum atomic E-state index is -0.107. The normalized spacial score (nSPS) is 22.6. The van der Waals surface area contributed by atoms with Gasteiger partial charge in [0.1, 0.15) is 0 Å². The topological polar surface area (TPSA) is 83.8 Å². The number of amides is 1. The van der Waals surface area contributed by atoms with Crippen LogP contribution in [0.4, 0.5) is 0 Å². The lowest BCUT2D eigenvalue weighted by atomic mass is 9.92. The van der Waals surface area contributed by atoms with Crippen LogP contribution >= 0.6 is 11.3 Å². The van der Waals surface area contributed by atoms with Crippen LogP contribution in [0.1, 0.15) is 36.2 Å². The highest BCUT2D eigenvalue weighted by atomic mass is 32.1. The largest absolute Gasteiger partial charge is 0.348 e. The molecule has 4 N–H and O–H groups in total. The minimum Gasteiger partial charge on any atom is -0.348 e. The number of hydrogen-bond acceptors (Lipinski definition) is 4. The summed E-state index contributed by atoms with van der Waals surface area (Å²) in [6.45, 7) is 0. The van der Waals surface area contributed by atoms with Crippen LogP contribution in [0.25, 0.3) is 10.6 Å². The van der Waals surface area contributed by atoms with Crippen LogP contribution in [0.15, 0.2) is 23.6 Å². The molecule has 2 heterocycles. The second-order valence-electron chi connectivity index (χ2n) is 5.23. The summed E-state index contributed by atoms with van der Waals surface area (Å²) in [6, 6.07) is 6.30. The number of rotatable bonds is 3. The molecule has 3 rings (SSSR count). The number of thiophene rings is 1. The lowest BCUT2D eigenvalue weighted by Crippen LogP contribution is -2.40. The fourth-order valence-corrected chi connectivity index (χ4v) is 3.21. The fourth-order valence-electron chi connectivity index (χ4n) is 2.52. The van der Waals surface area contributed by atoms with Crippen molar-refractivity contribution in [1.29, 1.82) is 0 Å². The summed E-state index contributed by atoms with van der Waals surface area (Å²) in [5, 5.41) is 12.1. The first kappa shape index (κ1) is 13.3. The Hall–Kier alpha value is -1.66. The number of carbonyl (C=O) groups is 1. The maximum absolute atomic E-state index is 12.2. The van der Waals surface area contributed by atoms with E-state index in [1.54, 1.807) is 17.4 Å². The van der Waals surface area contributed by atoms with Crippen molar-refractivity contribution in [1.82, 2.24) is 15.5 Å². The average molecular weight is 290 g/mol. The van der Waals surface area contributed by atoms with E-state index in [1.165, 1.54) is 0 Å². The maximum atomic E-state index is 12.2. The molecule has 106 valence electrons. The van der Waals surface area contributed by atoms with E-state index in [9.17, 15) is 4.79 Å². The van der Waals surface area contributed by atoms with Crippen molar-refractivity contribution in [2.24, 2.45) is 5.73 Å². The van der Waals surface area contributed by atoms with Gasteiger partial charge in [0, 0.05) is 12.1 Å². The fraction of sp³-hybridized carbons (Fsp3) is 0.429. The van der Waals surface area contributed by atoms with Crippen LogP contribution in [0.2, 0.25) is 0 Å². The molecule has 0 aliphatic heterocycles. The Morgan fingerprint density at radius 2 is 2.20 bits per heavy atom. The summed E-state index contributed by atoms with van der Waals surface area (Å²) in [7, 11) is 0. The molecule has 0 radical (unpaired) electrons. The number of hydrogen-bond donors (Lipinski definition) is 3. The van der Waals surface area contributed by atoms with E-state index in [0.717, 1.165) is 36.3 Å². The molecule has 0 unspecified atom stereocenters. The van der Waals surface area contributed by atoms with Gasteiger partial charge in [0.05, 0.1) is 10.6 Å². The Morgan fingerprint density at radius 3 is 2.90 bits per heavy atom. The van der Waals surface area contributed by atoms with E-state index < -0.39 is 0 Å². The molecule has 2 aromatic rings. The number of carbonyl (C=O) groups excluding carboxylic acids is 1. The van der Waals surface area contributed by atoms with Gasteiger partial charge in [0.15, 0.2) is 5.69 Å². The molecule has 1 aliphatic rings. The highest BCUT2D eigenvalue weighted by molar-refractivity contribution is 7.13. The summed E-state index contributed by atoms with van der Waals surface area (Å²) in [5.74, 6) is -0.107. The number of aromatic nitrogens is 2. The molecule has 0 aromatic carbocycles. The lowest BCUT2D eigenvalue weighted by molar-refractivity contribution is 0.0921. The predicted octanol–water partition coefficient (Wildman–Crippen LogP) is 2.14. The second kappa shape index (κ2) is 5.76. The number of aromatic amines is 1. The molecule has 20 heavy (non-hydrogen) atoms. The second-order valence-corrected chi connectivity index (χ2v) is 6.18. The predicted molar refractivity (Wildman–Crippen MR) is 79.6 cm³/mol. The number of nitrogens with two attached hydrogens (primary N) is 1. The van der Waals surface area contributed by atoms with Gasteiger partial charge >= 0.3 is 0 Å². The van der Waals surface area contributed by atoms with Gasteiger partial charge in [0.25, 0.3) is 5.91 Å². The average Bonchev–Trinajstić information content (AvgIpc) is 3.11. The first-order valence-corrected chi connectivity index (χ1v) is 7.76. The van der Waals surface area contributed by atoms with Crippen molar-refractivity contribution in [3.8, 4) is 10.6 Å². The first-order chi connectivity index (χ1) is 9.72. The van der Waals surface area contributed by atoms with Gasteiger partial charge in [0.2, 0.25) is 0 Å². The molecule has 0 atom stereocenters. The molecule has 6 heteroatoms. The highest BCUT2D eigenvalue weighted by Crippen LogP contribution is 2.23. The van der Waals surface area contributed by atoms with Crippen LogP contribution in [0, 0.1) is 0 Å². The van der Waals surface area contributed by atoms with E-state index in [4.69, 9.17) is 5.73 Å². The molecule has 0 spiro atoms. The van der Waals surface area contributed by atoms with Gasteiger partial charge in [-0.2, -0.15) is 5.10 Å². The van der Waals surface area contributed by atoms with Gasteiger partial charge in [-0.25, -0.2) is 0 Å². The summed E-state index contributed by atoms with van der Waals surface area (Å²) >= 11 is 1.62. The van der Waals surface area contributed by atoms with Crippen molar-refractivity contribution in [2.45, 2.75) is 37.8 Å². The van der Waals surface area contributed by atoms with Crippen molar-refractivity contribution < 1.29 is 4.79 Å². The molecule has 1 fully saturated rings. The van der Waals surface area contributed by atoms with E-state index >= 15 is 0 Å². The Labute approximate surface area is 121 Å². The van der Waals surface area contributed by atoms with Gasteiger partial charge < -0.3 is 11.1 Å². The van der Waals surface area contributed by atoms with E-state index in [0.29, 0.717) is 11.7 Å². The quantitative estimate of drug-likeness (QED) is 0.809. The third-order valence-corrected chi connectivity index (χ3v) is 4.61. The third-order valence-electron chi connectivity index (χ3n) is 3.70. The first-order valence-electron chi connectivity index (χ1n) is 6.88. The highest BCUT2D eigenvalue weighted by Gasteiger charge is 2.21. The summed E-state index contributed by atoms with van der Waals surface area (Å²) < 4.78 is 0. The number of H-pyrrole nitrogens is 1. The molecule has 5 nitrogen and oxygen atoms in total. The smallest absolute Gasteiger partial charge is 0.272 e. The zero-order valence-electron chi connectivity index (χ0n) is 11.1. The lowest BCUT2D eigenvalue weighted by Gasteiger charge is -2.26. The Bertz CT molecular complexity index is 570. The minimum absolute atomic E-state index is 0.107. The monoisotopic (exact) mass is 290 g/mol. The zero-order valence-corrected chi connectivity index (χ0v) is 12.0. The Morgan fingerprint density at radius 1 is 1.40 bits per heavy atom. The standard InChI is InChI=1S/C14H18N4OS/c15-9-3-5-10(6-4-9)16-14(19)12-8-11(17-18-12)13-2-1-7-20-13/h1-2,7-10H,3-6,15H2,(H,16,19)(H,17,18). The third kappa shape index (κ3) is 2.91. The number of nitrogens with one attached hydrogen (secondary N) is 2. The maximum Gasteiger partial charge on any atom is 0.272 e. The van der Waals surface area contributed by atoms with Gasteiger partial charge in [-0.05, 0) is 43.2 Å². The molecule has 1 amide bonds. The van der Waals surface area contributed by atoms with E-state index in [-0.39, 0.29) is 11.9 Å². The van der Waals surface area contributed by atoms with Crippen molar-refractivity contribution in [2.75, 3.05) is 0 Å². The Balaban J connectivity index is 1.63. The Kier molecular flexibility index (Phi) is 3.84. The molecule has 2 aromatic heterocycles. The van der Waals surface area contributed by atoms with E-state index in [1.807, 2.05) is 17.5 Å². The van der Waals surface area contributed by atoms with Crippen LogP contribution in [-0.4, -0.2) is 28.2 Å². The molecular formula is C14H18N4OS. The van der Waals surface area contributed by atoms with Crippen LogP contribution in [0.5, 0.6) is 0 Å². The van der Waals surface area contributed by atoms with E-state index in [2.05, 4.69) is 15.5 Å². The molecule has 1 aliphatic carbocycles. The summed E-state index contributed by atoms with van der Waals surface area (Å²) in [5.41, 5.74) is 7.20. The summed E-state index contributed by atoms with van der Waals surface area (Å²) in [4.78, 5) is 13.2.